The van der Waals surface area contributed by atoms with Crippen LogP contribution in [0.2, 0.25) is 5.02 Å². The third-order valence-corrected chi connectivity index (χ3v) is 4.60. The van der Waals surface area contributed by atoms with E-state index in [0.29, 0.717) is 21.6 Å². The summed E-state index contributed by atoms with van der Waals surface area (Å²) in [5.41, 5.74) is 0.603. The molecule has 2 rings (SSSR count). The fraction of sp³-hybridized carbons (Fsp3) is 0.312. The largest absolute Gasteiger partial charge is 0.339 e. The van der Waals surface area contributed by atoms with E-state index in [0.717, 1.165) is 6.54 Å². The number of benzene rings is 1. The van der Waals surface area contributed by atoms with E-state index in [1.165, 1.54) is 0 Å². The fourth-order valence-electron chi connectivity index (χ4n) is 2.02. The number of carbonyl (C=O) groups is 2. The van der Waals surface area contributed by atoms with Crippen LogP contribution in [0, 0.1) is 0 Å². The first-order chi connectivity index (χ1) is 11.8. The topological polar surface area (TPSA) is 81.3 Å². The van der Waals surface area contributed by atoms with Crippen LogP contribution in [0.5, 0.6) is 0 Å². The highest BCUT2D eigenvalue weighted by Gasteiger charge is 2.22. The van der Waals surface area contributed by atoms with Crippen molar-refractivity contribution in [3.05, 3.63) is 45.0 Å². The maximum atomic E-state index is 12.5. The molecule has 134 valence electrons. The zero-order valence-corrected chi connectivity index (χ0v) is 16.5. The van der Waals surface area contributed by atoms with Gasteiger partial charge in [-0.1, -0.05) is 23.7 Å². The molecule has 0 aliphatic heterocycles. The molecule has 2 N–H and O–H groups in total. The molecule has 0 aliphatic carbocycles. The lowest BCUT2D eigenvalue weighted by Crippen LogP contribution is -2.33. The summed E-state index contributed by atoms with van der Waals surface area (Å²) >= 11 is 9.34. The zero-order chi connectivity index (χ0) is 18.6. The van der Waals surface area contributed by atoms with Crippen LogP contribution in [0.3, 0.4) is 0 Å². The van der Waals surface area contributed by atoms with E-state index in [4.69, 9.17) is 11.6 Å². The Labute approximate surface area is 159 Å². The Balaban J connectivity index is 2.11. The van der Waals surface area contributed by atoms with Crippen LogP contribution in [0.4, 0.5) is 5.82 Å². The number of hydrogen-bond acceptors (Lipinski definition) is 4. The summed E-state index contributed by atoms with van der Waals surface area (Å²) < 4.78 is 0.398. The number of amides is 2. The number of aromatic nitrogens is 2. The van der Waals surface area contributed by atoms with E-state index < -0.39 is 5.91 Å². The summed E-state index contributed by atoms with van der Waals surface area (Å²) in [6.45, 7) is 1.31. The Kier molecular flexibility index (Phi) is 6.57. The average molecular weight is 429 g/mol. The van der Waals surface area contributed by atoms with Gasteiger partial charge in [0.15, 0.2) is 5.82 Å². The van der Waals surface area contributed by atoms with Crippen LogP contribution in [-0.4, -0.2) is 66.0 Å². The number of nitrogens with zero attached hydrogens (tertiary/aromatic N) is 3. The van der Waals surface area contributed by atoms with Crippen molar-refractivity contribution in [2.24, 2.45) is 0 Å². The molecule has 25 heavy (non-hydrogen) atoms. The molecule has 1 heterocycles. The number of nitrogens with one attached hydrogen (secondary N) is 2. The average Bonchev–Trinajstić information content (AvgIpc) is 2.93. The number of carbonyl (C=O) groups excluding carboxylic acids is 2. The highest BCUT2D eigenvalue weighted by molar-refractivity contribution is 9.10. The quantitative estimate of drug-likeness (QED) is 0.741. The Morgan fingerprint density at radius 1 is 1.24 bits per heavy atom. The maximum Gasteiger partial charge on any atom is 0.272 e. The predicted molar refractivity (Wildman–Crippen MR) is 101 cm³/mol. The molecule has 0 fully saturated rings. The summed E-state index contributed by atoms with van der Waals surface area (Å²) in [6.07, 6.45) is 0. The summed E-state index contributed by atoms with van der Waals surface area (Å²) in [7, 11) is 5.58. The van der Waals surface area contributed by atoms with Crippen molar-refractivity contribution < 1.29 is 9.59 Å². The second-order valence-corrected chi connectivity index (χ2v) is 6.93. The third-order valence-electron chi connectivity index (χ3n) is 3.50. The minimum absolute atomic E-state index is 0.223. The highest BCUT2D eigenvalue weighted by atomic mass is 79.9. The van der Waals surface area contributed by atoms with Crippen molar-refractivity contribution in [3.63, 3.8) is 0 Å². The van der Waals surface area contributed by atoms with Crippen LogP contribution < -0.4 is 5.32 Å². The van der Waals surface area contributed by atoms with E-state index >= 15 is 0 Å². The molecular weight excluding hydrogens is 410 g/mol. The molecule has 1 aromatic heterocycles. The number of hydrogen-bond donors (Lipinski definition) is 2. The van der Waals surface area contributed by atoms with Gasteiger partial charge in [0.2, 0.25) is 0 Å². The molecule has 0 radical (unpaired) electrons. The van der Waals surface area contributed by atoms with Crippen LogP contribution in [0.1, 0.15) is 20.8 Å². The summed E-state index contributed by atoms with van der Waals surface area (Å²) in [5.74, 6) is -0.397. The Bertz CT molecular complexity index is 778. The van der Waals surface area contributed by atoms with E-state index in [9.17, 15) is 9.59 Å². The van der Waals surface area contributed by atoms with E-state index in [2.05, 4.69) is 31.4 Å². The smallest absolute Gasteiger partial charge is 0.272 e. The van der Waals surface area contributed by atoms with Gasteiger partial charge in [0.1, 0.15) is 5.69 Å². The van der Waals surface area contributed by atoms with E-state index in [-0.39, 0.29) is 17.4 Å². The highest BCUT2D eigenvalue weighted by Crippen LogP contribution is 2.26. The van der Waals surface area contributed by atoms with Gasteiger partial charge in [-0.2, -0.15) is 5.10 Å². The maximum absolute atomic E-state index is 12.5. The van der Waals surface area contributed by atoms with Crippen molar-refractivity contribution >= 4 is 45.2 Å². The van der Waals surface area contributed by atoms with Crippen molar-refractivity contribution in [2.45, 2.75) is 0 Å². The minimum Gasteiger partial charge on any atom is -0.339 e. The van der Waals surface area contributed by atoms with Crippen molar-refractivity contribution in [3.8, 4) is 0 Å². The summed E-state index contributed by atoms with van der Waals surface area (Å²) in [5, 5.41) is 9.65. The predicted octanol–water partition coefficient (Wildman–Crippen LogP) is 2.71. The SMILES string of the molecule is CN(C)CCN(C)C(=O)c1[nH]nc(NC(=O)c2ccccc2Cl)c1Br. The van der Waals surface area contributed by atoms with Gasteiger partial charge >= 0.3 is 0 Å². The second kappa shape index (κ2) is 8.46. The van der Waals surface area contributed by atoms with Gasteiger partial charge in [0, 0.05) is 20.1 Å². The summed E-state index contributed by atoms with van der Waals surface area (Å²) in [4.78, 5) is 28.3. The molecule has 0 atom stereocenters. The van der Waals surface area contributed by atoms with E-state index in [1.54, 1.807) is 36.2 Å². The van der Waals surface area contributed by atoms with Gasteiger partial charge in [-0.05, 0) is 42.2 Å². The van der Waals surface area contributed by atoms with Crippen molar-refractivity contribution in [2.75, 3.05) is 39.5 Å². The van der Waals surface area contributed by atoms with Crippen molar-refractivity contribution in [1.82, 2.24) is 20.0 Å². The van der Waals surface area contributed by atoms with Gasteiger partial charge in [0.05, 0.1) is 15.1 Å². The normalized spacial score (nSPS) is 10.8. The molecule has 0 bridgehead atoms. The van der Waals surface area contributed by atoms with Crippen LogP contribution >= 0.6 is 27.5 Å². The number of H-pyrrole nitrogens is 1. The van der Waals surface area contributed by atoms with Gasteiger partial charge in [-0.15, -0.1) is 0 Å². The molecule has 0 aliphatic rings. The van der Waals surface area contributed by atoms with Gasteiger partial charge in [-0.25, -0.2) is 0 Å². The van der Waals surface area contributed by atoms with Gasteiger partial charge < -0.3 is 15.1 Å². The van der Waals surface area contributed by atoms with Crippen molar-refractivity contribution in [1.29, 1.82) is 0 Å². The second-order valence-electron chi connectivity index (χ2n) is 5.73. The lowest BCUT2D eigenvalue weighted by Gasteiger charge is -2.19. The van der Waals surface area contributed by atoms with Gasteiger partial charge in [0.25, 0.3) is 11.8 Å². The van der Waals surface area contributed by atoms with Gasteiger partial charge in [-0.3, -0.25) is 14.7 Å². The molecular formula is C16H19BrClN5O2. The molecule has 2 aromatic rings. The molecule has 0 saturated heterocycles. The third kappa shape index (κ3) is 4.81. The first-order valence-electron chi connectivity index (χ1n) is 7.51. The number of aromatic amines is 1. The first kappa shape index (κ1) is 19.4. The number of halogens is 2. The standard InChI is InChI=1S/C16H19BrClN5O2/c1-22(2)8-9-23(3)16(25)13-12(17)14(21-20-13)19-15(24)10-6-4-5-7-11(10)18/h4-7H,8-9H2,1-3H3,(H2,19,20,21,24). The van der Waals surface area contributed by atoms with Crippen LogP contribution in [0.15, 0.2) is 28.7 Å². The van der Waals surface area contributed by atoms with E-state index in [1.807, 2.05) is 19.0 Å². The number of anilines is 1. The molecule has 1 aromatic carbocycles. The molecule has 0 spiro atoms. The molecule has 7 nitrogen and oxygen atoms in total. The fourth-order valence-corrected chi connectivity index (χ4v) is 2.68. The molecule has 9 heteroatoms. The molecule has 2 amide bonds. The van der Waals surface area contributed by atoms with Crippen LogP contribution in [-0.2, 0) is 0 Å². The monoisotopic (exact) mass is 427 g/mol. The number of likely N-dealkylation sites (N-methyl/N-ethyl adjacent to an activating group) is 2. The Morgan fingerprint density at radius 2 is 1.92 bits per heavy atom. The zero-order valence-electron chi connectivity index (χ0n) is 14.1. The minimum atomic E-state index is -0.405. The summed E-state index contributed by atoms with van der Waals surface area (Å²) in [6, 6.07) is 6.70. The molecule has 0 unspecified atom stereocenters. The Morgan fingerprint density at radius 3 is 2.56 bits per heavy atom. The first-order valence-corrected chi connectivity index (χ1v) is 8.68. The molecule has 0 saturated carbocycles. The number of rotatable bonds is 6. The van der Waals surface area contributed by atoms with Crippen LogP contribution in [0.25, 0.3) is 0 Å². The Hall–Kier alpha value is -1.90. The lowest BCUT2D eigenvalue weighted by molar-refractivity contribution is 0.0779. The lowest BCUT2D eigenvalue weighted by atomic mass is 10.2.